The highest BCUT2D eigenvalue weighted by molar-refractivity contribution is 5.59. The first-order valence-electron chi connectivity index (χ1n) is 6.73. The molecule has 0 amide bonds. The lowest BCUT2D eigenvalue weighted by Gasteiger charge is -2.18. The summed E-state index contributed by atoms with van der Waals surface area (Å²) < 4.78 is 5.65. The zero-order chi connectivity index (χ0) is 13.8. The molecule has 2 rings (SSSR count). The van der Waals surface area contributed by atoms with Crippen LogP contribution in [0.5, 0.6) is 0 Å². The van der Waals surface area contributed by atoms with Gasteiger partial charge in [-0.1, -0.05) is 13.0 Å². The van der Waals surface area contributed by atoms with Gasteiger partial charge in [-0.25, -0.2) is 0 Å². The van der Waals surface area contributed by atoms with E-state index in [1.165, 1.54) is 6.07 Å². The largest absolute Gasteiger partial charge is 0.384 e. The van der Waals surface area contributed by atoms with Gasteiger partial charge in [0.2, 0.25) is 0 Å². The quantitative estimate of drug-likeness (QED) is 0.655. The number of nitrogens with one attached hydrogen (secondary N) is 1. The van der Waals surface area contributed by atoms with Gasteiger partial charge >= 0.3 is 0 Å². The van der Waals surface area contributed by atoms with Gasteiger partial charge in [-0.2, -0.15) is 0 Å². The van der Waals surface area contributed by atoms with Crippen molar-refractivity contribution in [3.63, 3.8) is 0 Å². The van der Waals surface area contributed by atoms with Crippen LogP contribution in [-0.2, 0) is 4.74 Å². The third kappa shape index (κ3) is 3.04. The van der Waals surface area contributed by atoms with Crippen LogP contribution in [0.2, 0.25) is 0 Å². The molecule has 1 aliphatic rings. The summed E-state index contributed by atoms with van der Waals surface area (Å²) in [7, 11) is 0. The predicted octanol–water partition coefficient (Wildman–Crippen LogP) is 3.13. The Kier molecular flexibility index (Phi) is 4.37. The molecule has 1 heterocycles. The fraction of sp³-hybridized carbons (Fsp3) is 0.571. The SMILES string of the molecule is CCC1OCCC1CNc1cccc([N+](=O)[O-])c1C. The van der Waals surface area contributed by atoms with E-state index in [1.54, 1.807) is 13.0 Å². The van der Waals surface area contributed by atoms with E-state index in [0.29, 0.717) is 17.6 Å². The highest BCUT2D eigenvalue weighted by Crippen LogP contribution is 2.27. The van der Waals surface area contributed by atoms with Crippen molar-refractivity contribution >= 4 is 11.4 Å². The fourth-order valence-corrected chi connectivity index (χ4v) is 2.63. The summed E-state index contributed by atoms with van der Waals surface area (Å²) in [5.41, 5.74) is 1.70. The third-order valence-corrected chi connectivity index (χ3v) is 3.81. The van der Waals surface area contributed by atoms with Crippen molar-refractivity contribution in [1.29, 1.82) is 0 Å². The second-order valence-electron chi connectivity index (χ2n) is 4.95. The number of nitro groups is 1. The molecule has 0 radical (unpaired) electrons. The van der Waals surface area contributed by atoms with Gasteiger partial charge in [-0.15, -0.1) is 0 Å². The molecule has 19 heavy (non-hydrogen) atoms. The highest BCUT2D eigenvalue weighted by atomic mass is 16.6. The summed E-state index contributed by atoms with van der Waals surface area (Å²) >= 11 is 0. The maximum Gasteiger partial charge on any atom is 0.274 e. The van der Waals surface area contributed by atoms with E-state index >= 15 is 0 Å². The molecular formula is C14H20N2O3. The molecule has 5 heteroatoms. The van der Waals surface area contributed by atoms with Crippen molar-refractivity contribution in [2.45, 2.75) is 32.8 Å². The Hall–Kier alpha value is -1.62. The summed E-state index contributed by atoms with van der Waals surface area (Å²) in [4.78, 5) is 10.6. The van der Waals surface area contributed by atoms with E-state index in [9.17, 15) is 10.1 Å². The summed E-state index contributed by atoms with van der Waals surface area (Å²) in [5, 5.41) is 14.2. The molecule has 1 N–H and O–H groups in total. The minimum Gasteiger partial charge on any atom is -0.384 e. The predicted molar refractivity (Wildman–Crippen MR) is 74.5 cm³/mol. The van der Waals surface area contributed by atoms with Gasteiger partial charge in [0.25, 0.3) is 5.69 Å². The molecule has 0 aliphatic carbocycles. The lowest BCUT2D eigenvalue weighted by atomic mass is 9.99. The Balaban J connectivity index is 2.03. The van der Waals surface area contributed by atoms with Crippen molar-refractivity contribution in [2.75, 3.05) is 18.5 Å². The summed E-state index contributed by atoms with van der Waals surface area (Å²) in [6.45, 7) is 5.53. The summed E-state index contributed by atoms with van der Waals surface area (Å²) in [6, 6.07) is 5.14. The molecule has 0 bridgehead atoms. The molecule has 5 nitrogen and oxygen atoms in total. The zero-order valence-electron chi connectivity index (χ0n) is 11.4. The summed E-state index contributed by atoms with van der Waals surface area (Å²) in [5.74, 6) is 0.490. The Morgan fingerprint density at radius 2 is 2.32 bits per heavy atom. The van der Waals surface area contributed by atoms with Gasteiger partial charge in [0.05, 0.1) is 11.0 Å². The lowest BCUT2D eigenvalue weighted by molar-refractivity contribution is -0.385. The van der Waals surface area contributed by atoms with Crippen LogP contribution >= 0.6 is 0 Å². The summed E-state index contributed by atoms with van der Waals surface area (Å²) in [6.07, 6.45) is 2.38. The average Bonchev–Trinajstić information content (AvgIpc) is 2.84. The van der Waals surface area contributed by atoms with Gasteiger partial charge in [-0.3, -0.25) is 10.1 Å². The Morgan fingerprint density at radius 1 is 1.53 bits per heavy atom. The maximum absolute atomic E-state index is 10.9. The molecule has 0 saturated carbocycles. The number of nitrogens with zero attached hydrogens (tertiary/aromatic N) is 1. The van der Waals surface area contributed by atoms with Crippen LogP contribution in [0.4, 0.5) is 11.4 Å². The second-order valence-corrected chi connectivity index (χ2v) is 4.95. The molecule has 104 valence electrons. The fourth-order valence-electron chi connectivity index (χ4n) is 2.63. The topological polar surface area (TPSA) is 64.4 Å². The van der Waals surface area contributed by atoms with Crippen LogP contribution in [0.3, 0.4) is 0 Å². The minimum atomic E-state index is -0.339. The van der Waals surface area contributed by atoms with Crippen LogP contribution in [0.25, 0.3) is 0 Å². The van der Waals surface area contributed by atoms with Gasteiger partial charge in [0, 0.05) is 36.4 Å². The number of benzene rings is 1. The average molecular weight is 264 g/mol. The van der Waals surface area contributed by atoms with Crippen LogP contribution in [0.15, 0.2) is 18.2 Å². The minimum absolute atomic E-state index is 0.166. The van der Waals surface area contributed by atoms with E-state index in [2.05, 4.69) is 12.2 Å². The van der Waals surface area contributed by atoms with E-state index in [4.69, 9.17) is 4.74 Å². The molecule has 0 aromatic heterocycles. The number of hydrogen-bond donors (Lipinski definition) is 1. The lowest BCUT2D eigenvalue weighted by Crippen LogP contribution is -2.23. The number of anilines is 1. The van der Waals surface area contributed by atoms with Crippen LogP contribution in [0.1, 0.15) is 25.3 Å². The highest BCUT2D eigenvalue weighted by Gasteiger charge is 2.26. The van der Waals surface area contributed by atoms with E-state index in [1.807, 2.05) is 6.07 Å². The Bertz CT molecular complexity index is 462. The van der Waals surface area contributed by atoms with Crippen LogP contribution in [0, 0.1) is 23.0 Å². The van der Waals surface area contributed by atoms with Crippen molar-refractivity contribution in [2.24, 2.45) is 5.92 Å². The molecule has 2 unspecified atom stereocenters. The monoisotopic (exact) mass is 264 g/mol. The molecule has 1 aromatic rings. The smallest absolute Gasteiger partial charge is 0.274 e. The number of ether oxygens (including phenoxy) is 1. The maximum atomic E-state index is 10.9. The van der Waals surface area contributed by atoms with Crippen molar-refractivity contribution in [3.05, 3.63) is 33.9 Å². The molecule has 1 aliphatic heterocycles. The van der Waals surface area contributed by atoms with Gasteiger partial charge in [0.15, 0.2) is 0 Å². The van der Waals surface area contributed by atoms with Crippen LogP contribution < -0.4 is 5.32 Å². The number of hydrogen-bond acceptors (Lipinski definition) is 4. The standard InChI is InChI=1S/C14H20N2O3/c1-3-14-11(7-8-19-14)9-15-12-5-4-6-13(10(12)2)16(17)18/h4-6,11,14-15H,3,7-9H2,1-2H3. The second kappa shape index (κ2) is 6.02. The van der Waals surface area contributed by atoms with E-state index in [0.717, 1.165) is 31.7 Å². The zero-order valence-corrected chi connectivity index (χ0v) is 11.4. The number of rotatable bonds is 5. The van der Waals surface area contributed by atoms with Crippen molar-refractivity contribution in [3.8, 4) is 0 Å². The van der Waals surface area contributed by atoms with Crippen molar-refractivity contribution < 1.29 is 9.66 Å². The van der Waals surface area contributed by atoms with E-state index < -0.39 is 0 Å². The van der Waals surface area contributed by atoms with Gasteiger partial charge in [0.1, 0.15) is 0 Å². The van der Waals surface area contributed by atoms with Gasteiger partial charge in [-0.05, 0) is 25.8 Å². The van der Waals surface area contributed by atoms with Crippen LogP contribution in [-0.4, -0.2) is 24.2 Å². The Morgan fingerprint density at radius 3 is 3.00 bits per heavy atom. The normalized spacial score (nSPS) is 22.4. The molecule has 2 atom stereocenters. The van der Waals surface area contributed by atoms with Gasteiger partial charge < -0.3 is 10.1 Å². The van der Waals surface area contributed by atoms with E-state index in [-0.39, 0.29) is 10.6 Å². The first-order chi connectivity index (χ1) is 9.13. The molecular weight excluding hydrogens is 244 g/mol. The molecule has 1 saturated heterocycles. The van der Waals surface area contributed by atoms with Crippen molar-refractivity contribution in [1.82, 2.24) is 0 Å². The molecule has 1 fully saturated rings. The third-order valence-electron chi connectivity index (χ3n) is 3.81. The first-order valence-corrected chi connectivity index (χ1v) is 6.73. The Labute approximate surface area is 113 Å². The molecule has 0 spiro atoms. The number of nitro benzene ring substituents is 1. The first kappa shape index (κ1) is 13.8. The molecule has 1 aromatic carbocycles.